The third-order valence-corrected chi connectivity index (χ3v) is 8.25. The molecule has 1 atom stereocenters. The number of piperidine rings is 1. The molecular formula is C23H25N5O2S2. The second-order valence-corrected chi connectivity index (χ2v) is 11.3. The molecule has 0 spiro atoms. The second kappa shape index (κ2) is 8.73. The van der Waals surface area contributed by atoms with E-state index < -0.39 is 10.0 Å². The molecule has 1 aliphatic rings. The third kappa shape index (κ3) is 4.32. The lowest BCUT2D eigenvalue weighted by atomic mass is 9.89. The van der Waals surface area contributed by atoms with E-state index in [2.05, 4.69) is 58.7 Å². The first-order valence-electron chi connectivity index (χ1n) is 10.7. The van der Waals surface area contributed by atoms with Gasteiger partial charge in [0.25, 0.3) is 0 Å². The monoisotopic (exact) mass is 467 g/mol. The molecule has 4 aromatic rings. The molecule has 2 aromatic carbocycles. The standard InChI is InChI=1S/C23H25N5O2S2/c1-32(29,30)27-14-8-13-19(16-27)22-24-25-23-28(22)26-21(31-23)15-20(17-9-4-2-5-10-17)18-11-6-3-7-12-18/h2-7,9-12,19-20H,8,13-16H2,1H3. The average molecular weight is 468 g/mol. The highest BCUT2D eigenvalue weighted by Gasteiger charge is 2.30. The van der Waals surface area contributed by atoms with Gasteiger partial charge in [-0.2, -0.15) is 9.61 Å². The van der Waals surface area contributed by atoms with Crippen molar-refractivity contribution in [1.82, 2.24) is 24.1 Å². The first-order valence-corrected chi connectivity index (χ1v) is 13.4. The van der Waals surface area contributed by atoms with Crippen LogP contribution in [-0.4, -0.2) is 51.9 Å². The summed E-state index contributed by atoms with van der Waals surface area (Å²) in [5.74, 6) is 0.953. The quantitative estimate of drug-likeness (QED) is 0.432. The van der Waals surface area contributed by atoms with Gasteiger partial charge in [-0.3, -0.25) is 0 Å². The Morgan fingerprint density at radius 1 is 1.03 bits per heavy atom. The van der Waals surface area contributed by atoms with Gasteiger partial charge in [-0.15, -0.1) is 10.2 Å². The third-order valence-electron chi connectivity index (χ3n) is 6.06. The van der Waals surface area contributed by atoms with Crippen molar-refractivity contribution in [2.45, 2.75) is 31.1 Å². The van der Waals surface area contributed by atoms with Crippen molar-refractivity contribution in [3.05, 3.63) is 82.6 Å². The van der Waals surface area contributed by atoms with E-state index in [1.54, 1.807) is 11.3 Å². The second-order valence-electron chi connectivity index (χ2n) is 8.29. The van der Waals surface area contributed by atoms with E-state index in [0.717, 1.165) is 35.1 Å². The van der Waals surface area contributed by atoms with E-state index in [0.29, 0.717) is 13.1 Å². The summed E-state index contributed by atoms with van der Waals surface area (Å²) in [6.45, 7) is 0.999. The van der Waals surface area contributed by atoms with Crippen molar-refractivity contribution >= 4 is 26.3 Å². The van der Waals surface area contributed by atoms with Gasteiger partial charge in [0.2, 0.25) is 15.0 Å². The predicted molar refractivity (Wildman–Crippen MR) is 125 cm³/mol. The average Bonchev–Trinajstić information content (AvgIpc) is 3.38. The predicted octanol–water partition coefficient (Wildman–Crippen LogP) is 3.70. The number of aromatic nitrogens is 4. The summed E-state index contributed by atoms with van der Waals surface area (Å²) in [4.78, 5) is 0.756. The van der Waals surface area contributed by atoms with Crippen LogP contribution in [0.25, 0.3) is 4.96 Å². The van der Waals surface area contributed by atoms with Crippen LogP contribution in [0.5, 0.6) is 0 Å². The smallest absolute Gasteiger partial charge is 0.213 e. The lowest BCUT2D eigenvalue weighted by Crippen LogP contribution is -2.38. The Bertz CT molecular complexity index is 1260. The van der Waals surface area contributed by atoms with Crippen molar-refractivity contribution in [3.63, 3.8) is 0 Å². The number of nitrogens with zero attached hydrogens (tertiary/aromatic N) is 5. The van der Waals surface area contributed by atoms with Crippen LogP contribution in [0.1, 0.15) is 46.6 Å². The fourth-order valence-electron chi connectivity index (χ4n) is 4.44. The molecule has 1 fully saturated rings. The zero-order chi connectivity index (χ0) is 22.1. The van der Waals surface area contributed by atoms with Crippen molar-refractivity contribution in [2.24, 2.45) is 0 Å². The minimum atomic E-state index is -3.22. The Balaban J connectivity index is 1.45. The SMILES string of the molecule is CS(=O)(=O)N1CCCC(c2nnc3sc(CC(c4ccccc4)c4ccccc4)nn23)C1. The minimum absolute atomic E-state index is 0.00229. The first kappa shape index (κ1) is 21.2. The molecule has 166 valence electrons. The molecule has 1 unspecified atom stereocenters. The zero-order valence-corrected chi connectivity index (χ0v) is 19.5. The number of hydrogen-bond donors (Lipinski definition) is 0. The minimum Gasteiger partial charge on any atom is -0.213 e. The maximum absolute atomic E-state index is 12.0. The molecule has 0 aliphatic carbocycles. The van der Waals surface area contributed by atoms with Gasteiger partial charge in [-0.1, -0.05) is 72.0 Å². The normalized spacial score (nSPS) is 17.9. The molecule has 0 N–H and O–H groups in total. The Labute approximate surface area is 191 Å². The summed E-state index contributed by atoms with van der Waals surface area (Å²) in [5, 5.41) is 14.6. The van der Waals surface area contributed by atoms with E-state index >= 15 is 0 Å². The number of rotatable bonds is 6. The Hall–Kier alpha value is -2.62. The molecule has 5 rings (SSSR count). The molecule has 0 saturated carbocycles. The van der Waals surface area contributed by atoms with Crippen LogP contribution >= 0.6 is 11.3 Å². The molecule has 0 bridgehead atoms. The molecule has 0 radical (unpaired) electrons. The summed E-state index contributed by atoms with van der Waals surface area (Å²) in [5.41, 5.74) is 2.50. The largest absolute Gasteiger partial charge is 0.234 e. The van der Waals surface area contributed by atoms with Crippen LogP contribution in [0.15, 0.2) is 60.7 Å². The van der Waals surface area contributed by atoms with E-state index in [1.165, 1.54) is 21.7 Å². The summed E-state index contributed by atoms with van der Waals surface area (Å²) < 4.78 is 27.4. The number of sulfonamides is 1. The van der Waals surface area contributed by atoms with Crippen LogP contribution in [0.2, 0.25) is 0 Å². The van der Waals surface area contributed by atoms with Crippen molar-refractivity contribution in [2.75, 3.05) is 19.3 Å². The molecule has 32 heavy (non-hydrogen) atoms. The van der Waals surface area contributed by atoms with E-state index in [9.17, 15) is 8.42 Å². The summed E-state index contributed by atoms with van der Waals surface area (Å²) >= 11 is 1.55. The van der Waals surface area contributed by atoms with Gasteiger partial charge in [-0.25, -0.2) is 12.7 Å². The van der Waals surface area contributed by atoms with E-state index in [4.69, 9.17) is 5.10 Å². The Kier molecular flexibility index (Phi) is 5.79. The van der Waals surface area contributed by atoms with Gasteiger partial charge >= 0.3 is 0 Å². The summed E-state index contributed by atoms with van der Waals surface area (Å²) in [6.07, 6.45) is 3.73. The van der Waals surface area contributed by atoms with Crippen LogP contribution in [0.3, 0.4) is 0 Å². The van der Waals surface area contributed by atoms with Crippen molar-refractivity contribution < 1.29 is 8.42 Å². The Morgan fingerprint density at radius 2 is 1.69 bits per heavy atom. The molecule has 1 saturated heterocycles. The van der Waals surface area contributed by atoms with Gasteiger partial charge in [0.1, 0.15) is 5.01 Å². The van der Waals surface area contributed by atoms with Gasteiger partial charge in [0.05, 0.1) is 6.26 Å². The van der Waals surface area contributed by atoms with Gasteiger partial charge in [-0.05, 0) is 24.0 Å². The number of hydrogen-bond acceptors (Lipinski definition) is 6. The highest BCUT2D eigenvalue weighted by Crippen LogP contribution is 2.32. The maximum Gasteiger partial charge on any atom is 0.234 e. The highest BCUT2D eigenvalue weighted by atomic mass is 32.2. The zero-order valence-electron chi connectivity index (χ0n) is 17.8. The fourth-order valence-corrected chi connectivity index (χ4v) is 6.23. The summed E-state index contributed by atoms with van der Waals surface area (Å²) in [6, 6.07) is 21.0. The number of fused-ring (bicyclic) bond motifs is 1. The Morgan fingerprint density at radius 3 is 2.31 bits per heavy atom. The van der Waals surface area contributed by atoms with E-state index in [1.807, 2.05) is 16.6 Å². The molecule has 2 aromatic heterocycles. The van der Waals surface area contributed by atoms with Gasteiger partial charge < -0.3 is 0 Å². The molecular weight excluding hydrogens is 442 g/mol. The lowest BCUT2D eigenvalue weighted by molar-refractivity contribution is 0.309. The van der Waals surface area contributed by atoms with Gasteiger partial charge in [0, 0.05) is 31.3 Å². The first-order chi connectivity index (χ1) is 15.5. The molecule has 1 aliphatic heterocycles. The van der Waals surface area contributed by atoms with Crippen molar-refractivity contribution in [3.8, 4) is 0 Å². The maximum atomic E-state index is 12.0. The van der Waals surface area contributed by atoms with Crippen LogP contribution < -0.4 is 0 Å². The topological polar surface area (TPSA) is 80.5 Å². The molecule has 3 heterocycles. The van der Waals surface area contributed by atoms with Crippen LogP contribution in [0, 0.1) is 0 Å². The fraction of sp³-hybridized carbons (Fsp3) is 0.348. The number of benzene rings is 2. The molecule has 9 heteroatoms. The molecule has 0 amide bonds. The lowest BCUT2D eigenvalue weighted by Gasteiger charge is -2.29. The molecule has 7 nitrogen and oxygen atoms in total. The van der Waals surface area contributed by atoms with Crippen LogP contribution in [0.4, 0.5) is 0 Å². The van der Waals surface area contributed by atoms with Gasteiger partial charge in [0.15, 0.2) is 5.82 Å². The van der Waals surface area contributed by atoms with Crippen LogP contribution in [-0.2, 0) is 16.4 Å². The highest BCUT2D eigenvalue weighted by molar-refractivity contribution is 7.88. The van der Waals surface area contributed by atoms with Crippen molar-refractivity contribution in [1.29, 1.82) is 0 Å². The summed E-state index contributed by atoms with van der Waals surface area (Å²) in [7, 11) is -3.22. The van der Waals surface area contributed by atoms with E-state index in [-0.39, 0.29) is 11.8 Å².